The molecule has 2 aliphatic heterocycles. The maximum Gasteiger partial charge on any atom is 0.226 e. The molecule has 0 N–H and O–H groups in total. The molecule has 3 nitrogen and oxygen atoms in total. The van der Waals surface area contributed by atoms with Gasteiger partial charge >= 0.3 is 0 Å². The van der Waals surface area contributed by atoms with E-state index in [1.54, 1.807) is 6.07 Å². The van der Waals surface area contributed by atoms with Crippen LogP contribution in [0.3, 0.4) is 0 Å². The van der Waals surface area contributed by atoms with E-state index in [-0.39, 0.29) is 23.7 Å². The Hall–Kier alpha value is -1.42. The van der Waals surface area contributed by atoms with E-state index in [9.17, 15) is 9.18 Å². The van der Waals surface area contributed by atoms with Gasteiger partial charge in [0.25, 0.3) is 0 Å². The van der Waals surface area contributed by atoms with E-state index in [4.69, 9.17) is 4.74 Å². The normalized spacial score (nSPS) is 23.5. The molecule has 1 aromatic rings. The van der Waals surface area contributed by atoms with Gasteiger partial charge in [0.1, 0.15) is 5.82 Å². The molecule has 0 radical (unpaired) electrons. The third-order valence-corrected chi connectivity index (χ3v) is 4.95. The summed E-state index contributed by atoms with van der Waals surface area (Å²) >= 11 is 0. The third kappa shape index (κ3) is 3.17. The summed E-state index contributed by atoms with van der Waals surface area (Å²) in [6, 6.07) is 5.03. The van der Waals surface area contributed by atoms with Crippen LogP contribution in [0.5, 0.6) is 0 Å². The molecule has 0 spiro atoms. The number of hydrogen-bond acceptors (Lipinski definition) is 2. The number of nitrogens with zero attached hydrogens (tertiary/aromatic N) is 1. The number of hydrogen-bond donors (Lipinski definition) is 0. The second-order valence-corrected chi connectivity index (χ2v) is 6.43. The molecule has 4 heteroatoms. The molecule has 1 unspecified atom stereocenters. The number of piperidine rings is 1. The van der Waals surface area contributed by atoms with E-state index in [1.807, 2.05) is 17.9 Å². The number of amides is 1. The molecular formula is C18H24FNO2. The molecule has 1 atom stereocenters. The zero-order valence-electron chi connectivity index (χ0n) is 13.2. The maximum absolute atomic E-state index is 13.4. The highest BCUT2D eigenvalue weighted by Crippen LogP contribution is 2.35. The summed E-state index contributed by atoms with van der Waals surface area (Å²) in [6.45, 7) is 4.12. The Labute approximate surface area is 131 Å². The Morgan fingerprint density at radius 3 is 2.73 bits per heavy atom. The zero-order chi connectivity index (χ0) is 15.5. The smallest absolute Gasteiger partial charge is 0.226 e. The molecule has 0 aliphatic carbocycles. The highest BCUT2D eigenvalue weighted by atomic mass is 19.1. The number of halogens is 1. The number of likely N-dealkylation sites (tertiary alicyclic amines) is 1. The SMILES string of the molecule is Cc1cc(F)ccc1C1CCCCN1C(=O)C1CCOCC1. The predicted octanol–water partition coefficient (Wildman–Crippen LogP) is 3.61. The van der Waals surface area contributed by atoms with Gasteiger partial charge in [-0.2, -0.15) is 0 Å². The number of carbonyl (C=O) groups is 1. The molecule has 1 amide bonds. The monoisotopic (exact) mass is 305 g/mol. The number of aryl methyl sites for hydroxylation is 1. The lowest BCUT2D eigenvalue weighted by atomic mass is 9.89. The zero-order valence-corrected chi connectivity index (χ0v) is 13.2. The lowest BCUT2D eigenvalue weighted by Crippen LogP contribution is -2.43. The van der Waals surface area contributed by atoms with Gasteiger partial charge < -0.3 is 9.64 Å². The van der Waals surface area contributed by atoms with Crippen molar-refractivity contribution < 1.29 is 13.9 Å². The van der Waals surface area contributed by atoms with E-state index in [0.29, 0.717) is 13.2 Å². The molecule has 1 aromatic carbocycles. The highest BCUT2D eigenvalue weighted by molar-refractivity contribution is 5.79. The predicted molar refractivity (Wildman–Crippen MR) is 83.0 cm³/mol. The van der Waals surface area contributed by atoms with Gasteiger partial charge in [0.15, 0.2) is 0 Å². The summed E-state index contributed by atoms with van der Waals surface area (Å²) in [5.74, 6) is 0.145. The second-order valence-electron chi connectivity index (χ2n) is 6.43. The van der Waals surface area contributed by atoms with Gasteiger partial charge in [-0.25, -0.2) is 4.39 Å². The summed E-state index contributed by atoms with van der Waals surface area (Å²) in [5, 5.41) is 0. The van der Waals surface area contributed by atoms with Crippen LogP contribution in [0.25, 0.3) is 0 Å². The Morgan fingerprint density at radius 2 is 2.00 bits per heavy atom. The summed E-state index contributed by atoms with van der Waals surface area (Å²) < 4.78 is 18.7. The lowest BCUT2D eigenvalue weighted by molar-refractivity contribution is -0.142. The molecule has 22 heavy (non-hydrogen) atoms. The lowest BCUT2D eigenvalue weighted by Gasteiger charge is -2.39. The van der Waals surface area contributed by atoms with Crippen LogP contribution in [0.15, 0.2) is 18.2 Å². The van der Waals surface area contributed by atoms with E-state index in [2.05, 4.69) is 0 Å². The Bertz CT molecular complexity index is 540. The van der Waals surface area contributed by atoms with Gasteiger partial charge in [-0.1, -0.05) is 6.07 Å². The summed E-state index contributed by atoms with van der Waals surface area (Å²) in [6.07, 6.45) is 4.81. The molecule has 3 rings (SSSR count). The quantitative estimate of drug-likeness (QED) is 0.835. The Kier molecular flexibility index (Phi) is 4.77. The van der Waals surface area contributed by atoms with Gasteiger partial charge in [0.2, 0.25) is 5.91 Å². The van der Waals surface area contributed by atoms with Crippen LogP contribution in [0, 0.1) is 18.7 Å². The number of carbonyl (C=O) groups excluding carboxylic acids is 1. The van der Waals surface area contributed by atoms with E-state index >= 15 is 0 Å². The molecule has 2 saturated heterocycles. The van der Waals surface area contributed by atoms with Crippen LogP contribution in [-0.4, -0.2) is 30.6 Å². The summed E-state index contributed by atoms with van der Waals surface area (Å²) in [5.41, 5.74) is 2.04. The maximum atomic E-state index is 13.4. The molecule has 2 heterocycles. The minimum absolute atomic E-state index is 0.0927. The van der Waals surface area contributed by atoms with Crippen LogP contribution < -0.4 is 0 Å². The van der Waals surface area contributed by atoms with Gasteiger partial charge in [-0.3, -0.25) is 4.79 Å². The fourth-order valence-electron chi connectivity index (χ4n) is 3.71. The molecule has 0 saturated carbocycles. The Morgan fingerprint density at radius 1 is 1.23 bits per heavy atom. The summed E-state index contributed by atoms with van der Waals surface area (Å²) in [4.78, 5) is 15.0. The molecule has 120 valence electrons. The first-order chi connectivity index (χ1) is 10.7. The van der Waals surface area contributed by atoms with Crippen molar-refractivity contribution in [3.05, 3.63) is 35.1 Å². The van der Waals surface area contributed by atoms with Crippen LogP contribution in [-0.2, 0) is 9.53 Å². The molecule has 2 fully saturated rings. The van der Waals surface area contributed by atoms with Gasteiger partial charge in [0, 0.05) is 25.7 Å². The number of rotatable bonds is 2. The topological polar surface area (TPSA) is 29.5 Å². The standard InChI is InChI=1S/C18H24FNO2/c1-13-12-15(19)5-6-16(13)17-4-2-3-9-20(17)18(21)14-7-10-22-11-8-14/h5-6,12,14,17H,2-4,7-11H2,1H3. The van der Waals surface area contributed by atoms with Crippen molar-refractivity contribution in [1.29, 1.82) is 0 Å². The van der Waals surface area contributed by atoms with Crippen molar-refractivity contribution >= 4 is 5.91 Å². The molecule has 0 bridgehead atoms. The van der Waals surface area contributed by atoms with Crippen LogP contribution >= 0.6 is 0 Å². The minimum atomic E-state index is -0.209. The van der Waals surface area contributed by atoms with Crippen molar-refractivity contribution in [2.45, 2.75) is 45.1 Å². The average Bonchev–Trinajstić information content (AvgIpc) is 2.55. The molecular weight excluding hydrogens is 281 g/mol. The van der Waals surface area contributed by atoms with E-state index in [1.165, 1.54) is 6.07 Å². The first-order valence-electron chi connectivity index (χ1n) is 8.31. The van der Waals surface area contributed by atoms with Gasteiger partial charge in [0.05, 0.1) is 6.04 Å². The second kappa shape index (κ2) is 6.78. The van der Waals surface area contributed by atoms with Gasteiger partial charge in [-0.15, -0.1) is 0 Å². The molecule has 0 aromatic heterocycles. The van der Waals surface area contributed by atoms with Crippen molar-refractivity contribution in [1.82, 2.24) is 4.90 Å². The van der Waals surface area contributed by atoms with E-state index < -0.39 is 0 Å². The van der Waals surface area contributed by atoms with Crippen molar-refractivity contribution in [2.75, 3.05) is 19.8 Å². The number of ether oxygens (including phenoxy) is 1. The highest BCUT2D eigenvalue weighted by Gasteiger charge is 2.33. The van der Waals surface area contributed by atoms with Crippen molar-refractivity contribution in [2.24, 2.45) is 5.92 Å². The third-order valence-electron chi connectivity index (χ3n) is 4.95. The van der Waals surface area contributed by atoms with Crippen LogP contribution in [0.1, 0.15) is 49.3 Å². The first-order valence-corrected chi connectivity index (χ1v) is 8.31. The fraction of sp³-hybridized carbons (Fsp3) is 0.611. The minimum Gasteiger partial charge on any atom is -0.381 e. The fourth-order valence-corrected chi connectivity index (χ4v) is 3.71. The van der Waals surface area contributed by atoms with Crippen molar-refractivity contribution in [3.8, 4) is 0 Å². The summed E-state index contributed by atoms with van der Waals surface area (Å²) in [7, 11) is 0. The van der Waals surface area contributed by atoms with Crippen LogP contribution in [0.4, 0.5) is 4.39 Å². The number of benzene rings is 1. The first kappa shape index (κ1) is 15.5. The molecule has 2 aliphatic rings. The van der Waals surface area contributed by atoms with Gasteiger partial charge in [-0.05, 0) is 62.3 Å². The van der Waals surface area contributed by atoms with Crippen LogP contribution in [0.2, 0.25) is 0 Å². The van der Waals surface area contributed by atoms with E-state index in [0.717, 1.165) is 49.8 Å². The van der Waals surface area contributed by atoms with Crippen molar-refractivity contribution in [3.63, 3.8) is 0 Å². The Balaban J connectivity index is 1.82. The average molecular weight is 305 g/mol. The largest absolute Gasteiger partial charge is 0.381 e.